The summed E-state index contributed by atoms with van der Waals surface area (Å²) in [6.45, 7) is 0. The Bertz CT molecular complexity index is 517. The molecule has 112 valence electrons. The zero-order valence-corrected chi connectivity index (χ0v) is 10.8. The van der Waals surface area contributed by atoms with Crippen LogP contribution in [0.1, 0.15) is 17.2 Å². The number of hydrogen-bond acceptors (Lipinski definition) is 1. The molecule has 0 aliphatic heterocycles. The second kappa shape index (κ2) is 7.44. The Kier molecular flexibility index (Phi) is 5.92. The molecule has 2 aromatic carbocycles. The van der Waals surface area contributed by atoms with E-state index >= 15 is 0 Å². The van der Waals surface area contributed by atoms with Gasteiger partial charge < -0.3 is 10.8 Å². The molecule has 0 amide bonds. The van der Waals surface area contributed by atoms with Gasteiger partial charge in [-0.1, -0.05) is 77.8 Å². The van der Waals surface area contributed by atoms with Crippen molar-refractivity contribution in [1.29, 1.82) is 0 Å². The third kappa shape index (κ3) is 5.66. The molecule has 0 saturated heterocycles. The Labute approximate surface area is 119 Å². The van der Waals surface area contributed by atoms with Gasteiger partial charge in [0.25, 0.3) is 0 Å². The third-order valence-corrected chi connectivity index (χ3v) is 2.51. The van der Waals surface area contributed by atoms with Crippen molar-refractivity contribution < 1.29 is 23.1 Å². The Morgan fingerprint density at radius 3 is 1.43 bits per heavy atom. The third-order valence-electron chi connectivity index (χ3n) is 2.51. The van der Waals surface area contributed by atoms with E-state index in [4.69, 9.17) is 15.6 Å². The lowest BCUT2D eigenvalue weighted by atomic mass is 10.00. The number of alkyl halides is 3. The highest BCUT2D eigenvalue weighted by atomic mass is 19.4. The predicted octanol–water partition coefficient (Wildman–Crippen LogP) is 4.46. The minimum absolute atomic E-state index is 0.266. The number of carboxylic acid groups (broad SMARTS) is 1. The Balaban J connectivity index is 0.000000270. The highest BCUT2D eigenvalue weighted by Crippen LogP contribution is 2.23. The molecule has 0 spiro atoms. The van der Waals surface area contributed by atoms with Crippen molar-refractivity contribution in [3.05, 3.63) is 77.5 Å². The predicted molar refractivity (Wildman–Crippen MR) is 72.7 cm³/mol. The molecule has 6 heteroatoms. The van der Waals surface area contributed by atoms with E-state index in [1.807, 2.05) is 60.7 Å². The van der Waals surface area contributed by atoms with Crippen LogP contribution < -0.4 is 0 Å². The molecule has 0 radical (unpaired) electrons. The summed E-state index contributed by atoms with van der Waals surface area (Å²) in [7, 11) is 0. The van der Waals surface area contributed by atoms with Crippen molar-refractivity contribution in [2.75, 3.05) is 0 Å². The van der Waals surface area contributed by atoms with E-state index < -0.39 is 12.1 Å². The summed E-state index contributed by atoms with van der Waals surface area (Å²) in [4.78, 5) is 8.90. The van der Waals surface area contributed by atoms with Crippen LogP contribution in [0.25, 0.3) is 5.73 Å². The second-order valence-corrected chi connectivity index (χ2v) is 4.06. The number of hydrogen-bond donors (Lipinski definition) is 1. The Hall–Kier alpha value is -2.34. The van der Waals surface area contributed by atoms with E-state index in [1.54, 1.807) is 0 Å². The quantitative estimate of drug-likeness (QED) is 0.889. The number of halogens is 3. The summed E-state index contributed by atoms with van der Waals surface area (Å²) in [5.41, 5.74) is 10.1. The molecule has 0 bridgehead atoms. The normalized spacial score (nSPS) is 10.7. The molecular formula is C15H13F3NO2-. The maximum atomic E-state index is 10.6. The van der Waals surface area contributed by atoms with Crippen LogP contribution in [0.5, 0.6) is 0 Å². The molecule has 0 aliphatic rings. The molecule has 2 N–H and O–H groups in total. The van der Waals surface area contributed by atoms with Crippen LogP contribution >= 0.6 is 0 Å². The molecule has 2 rings (SSSR count). The van der Waals surface area contributed by atoms with Crippen LogP contribution in [0.2, 0.25) is 0 Å². The molecular weight excluding hydrogens is 283 g/mol. The number of benzene rings is 2. The second-order valence-electron chi connectivity index (χ2n) is 4.06. The number of rotatable bonds is 2. The molecule has 0 fully saturated rings. The van der Waals surface area contributed by atoms with E-state index in [2.05, 4.69) is 0 Å². The van der Waals surface area contributed by atoms with Gasteiger partial charge >= 0.3 is 12.1 Å². The minimum Gasteiger partial charge on any atom is -0.667 e. The first-order valence-electron chi connectivity index (χ1n) is 5.93. The summed E-state index contributed by atoms with van der Waals surface area (Å²) in [5, 5.41) is 7.12. The smallest absolute Gasteiger partial charge is 0.490 e. The van der Waals surface area contributed by atoms with Gasteiger partial charge in [0.05, 0.1) is 0 Å². The monoisotopic (exact) mass is 296 g/mol. The van der Waals surface area contributed by atoms with E-state index in [9.17, 15) is 13.2 Å². The molecule has 0 saturated carbocycles. The van der Waals surface area contributed by atoms with Gasteiger partial charge in [-0.3, -0.25) is 0 Å². The van der Waals surface area contributed by atoms with Crippen LogP contribution in [0.4, 0.5) is 13.2 Å². The first-order valence-corrected chi connectivity index (χ1v) is 5.93. The highest BCUT2D eigenvalue weighted by Gasteiger charge is 2.38. The van der Waals surface area contributed by atoms with Gasteiger partial charge in [0.15, 0.2) is 0 Å². The lowest BCUT2D eigenvalue weighted by Gasteiger charge is -2.20. The van der Waals surface area contributed by atoms with Gasteiger partial charge in [-0.25, -0.2) is 4.79 Å². The maximum Gasteiger partial charge on any atom is 0.490 e. The van der Waals surface area contributed by atoms with Gasteiger partial charge in [0.1, 0.15) is 0 Å². The fourth-order valence-corrected chi connectivity index (χ4v) is 1.48. The van der Waals surface area contributed by atoms with Crippen molar-refractivity contribution in [3.63, 3.8) is 0 Å². The van der Waals surface area contributed by atoms with E-state index in [-0.39, 0.29) is 6.04 Å². The Morgan fingerprint density at radius 2 is 1.19 bits per heavy atom. The Morgan fingerprint density at radius 1 is 0.905 bits per heavy atom. The number of carboxylic acids is 1. The lowest BCUT2D eigenvalue weighted by Crippen LogP contribution is -2.21. The first kappa shape index (κ1) is 16.7. The SMILES string of the molecule is O=C(O)C(F)(F)F.[NH-]C(c1ccccc1)c1ccccc1. The standard InChI is InChI=1S/C13H12N.C2HF3O2/c14-13(11-7-3-1-4-8-11)12-9-5-2-6-10-12;3-2(4,5)1(6)7/h1-10,13-14H;(H,6,7)/q-1;. The summed E-state index contributed by atoms with van der Waals surface area (Å²) in [6, 6.07) is 19.5. The molecule has 0 aliphatic carbocycles. The molecule has 0 heterocycles. The first-order chi connectivity index (χ1) is 9.82. The summed E-state index contributed by atoms with van der Waals surface area (Å²) in [5.74, 6) is -2.76. The summed E-state index contributed by atoms with van der Waals surface area (Å²) in [6.07, 6.45) is -5.08. The molecule has 2 aromatic rings. The van der Waals surface area contributed by atoms with Crippen molar-refractivity contribution in [1.82, 2.24) is 0 Å². The summed E-state index contributed by atoms with van der Waals surface area (Å²) < 4.78 is 31.7. The molecule has 0 aromatic heterocycles. The molecule has 0 atom stereocenters. The van der Waals surface area contributed by atoms with E-state index in [0.29, 0.717) is 0 Å². The number of nitrogens with one attached hydrogen (secondary N) is 1. The largest absolute Gasteiger partial charge is 0.667 e. The van der Waals surface area contributed by atoms with Crippen LogP contribution in [0.15, 0.2) is 60.7 Å². The van der Waals surface area contributed by atoms with E-state index in [1.165, 1.54) is 0 Å². The fraction of sp³-hybridized carbons (Fsp3) is 0.133. The average molecular weight is 296 g/mol. The van der Waals surface area contributed by atoms with Gasteiger partial charge in [-0.15, -0.1) is 0 Å². The maximum absolute atomic E-state index is 10.6. The number of carbonyl (C=O) groups is 1. The lowest BCUT2D eigenvalue weighted by molar-refractivity contribution is -0.192. The zero-order valence-electron chi connectivity index (χ0n) is 10.8. The zero-order chi connectivity index (χ0) is 15.9. The fourth-order valence-electron chi connectivity index (χ4n) is 1.48. The van der Waals surface area contributed by atoms with Crippen LogP contribution in [0.3, 0.4) is 0 Å². The van der Waals surface area contributed by atoms with Crippen LogP contribution in [-0.2, 0) is 4.79 Å². The average Bonchev–Trinajstić information content (AvgIpc) is 2.48. The van der Waals surface area contributed by atoms with Crippen molar-refractivity contribution in [2.24, 2.45) is 0 Å². The van der Waals surface area contributed by atoms with Crippen LogP contribution in [0, 0.1) is 0 Å². The molecule has 3 nitrogen and oxygen atoms in total. The van der Waals surface area contributed by atoms with Gasteiger partial charge in [0.2, 0.25) is 0 Å². The minimum atomic E-state index is -5.08. The van der Waals surface area contributed by atoms with Crippen molar-refractivity contribution in [3.8, 4) is 0 Å². The van der Waals surface area contributed by atoms with Gasteiger partial charge in [-0.05, 0) is 0 Å². The van der Waals surface area contributed by atoms with Gasteiger partial charge in [-0.2, -0.15) is 13.2 Å². The molecule has 21 heavy (non-hydrogen) atoms. The highest BCUT2D eigenvalue weighted by molar-refractivity contribution is 5.73. The topological polar surface area (TPSA) is 61.1 Å². The van der Waals surface area contributed by atoms with Crippen molar-refractivity contribution >= 4 is 5.97 Å². The van der Waals surface area contributed by atoms with Gasteiger partial charge in [0, 0.05) is 0 Å². The summed E-state index contributed by atoms with van der Waals surface area (Å²) >= 11 is 0. The number of aliphatic carboxylic acids is 1. The van der Waals surface area contributed by atoms with E-state index in [0.717, 1.165) is 11.1 Å². The molecule has 0 unspecified atom stereocenters. The van der Waals surface area contributed by atoms with Crippen LogP contribution in [-0.4, -0.2) is 17.3 Å². The van der Waals surface area contributed by atoms with Crippen molar-refractivity contribution in [2.45, 2.75) is 12.2 Å².